The molecule has 0 amide bonds. The normalized spacial score (nSPS) is 13.1. The van der Waals surface area contributed by atoms with Crippen LogP contribution in [0.15, 0.2) is 70.6 Å². The summed E-state index contributed by atoms with van der Waals surface area (Å²) < 4.78 is 13.1. The SMILES string of the molecule is CCCCCCCCOc1ccc(OCCCCCCCC)c2c1C(=Nc1ccc(CCCC)cc1)N=C2Nc1ccc(CCCC)cc1. The second kappa shape index (κ2) is 22.2. The molecule has 1 N–H and O–H groups in total. The number of unbranched alkanes of at least 4 members (excludes halogenated alkanes) is 12. The molecule has 0 saturated carbocycles. The molecule has 266 valence electrons. The highest BCUT2D eigenvalue weighted by molar-refractivity contribution is 6.28. The van der Waals surface area contributed by atoms with Crippen LogP contribution in [-0.4, -0.2) is 24.9 Å². The van der Waals surface area contributed by atoms with Gasteiger partial charge in [-0.2, -0.15) is 0 Å². The predicted molar refractivity (Wildman–Crippen MR) is 211 cm³/mol. The summed E-state index contributed by atoms with van der Waals surface area (Å²) in [6, 6.07) is 21.5. The van der Waals surface area contributed by atoms with Crippen molar-refractivity contribution in [3.05, 3.63) is 82.9 Å². The molecule has 4 rings (SSSR count). The molecule has 3 aromatic rings. The van der Waals surface area contributed by atoms with Crippen molar-refractivity contribution >= 4 is 23.0 Å². The van der Waals surface area contributed by atoms with E-state index in [1.807, 2.05) is 0 Å². The van der Waals surface area contributed by atoms with Gasteiger partial charge in [-0.05, 0) is 86.1 Å². The zero-order valence-electron chi connectivity index (χ0n) is 31.1. The van der Waals surface area contributed by atoms with Gasteiger partial charge < -0.3 is 14.8 Å². The van der Waals surface area contributed by atoms with Crippen LogP contribution in [0.4, 0.5) is 11.4 Å². The minimum Gasteiger partial charge on any atom is -0.493 e. The van der Waals surface area contributed by atoms with Gasteiger partial charge in [0.15, 0.2) is 5.84 Å². The molecule has 1 aliphatic heterocycles. The minimum atomic E-state index is 0.668. The van der Waals surface area contributed by atoms with Gasteiger partial charge in [0, 0.05) is 5.69 Å². The van der Waals surface area contributed by atoms with Crippen LogP contribution in [0.5, 0.6) is 11.5 Å². The first-order valence-electron chi connectivity index (χ1n) is 19.7. The largest absolute Gasteiger partial charge is 0.493 e. The molecular formula is C44H63N3O2. The van der Waals surface area contributed by atoms with Crippen molar-refractivity contribution in [1.82, 2.24) is 0 Å². The summed E-state index contributed by atoms with van der Waals surface area (Å²) in [5.74, 6) is 3.09. The Morgan fingerprint density at radius 1 is 0.510 bits per heavy atom. The van der Waals surface area contributed by atoms with E-state index in [1.54, 1.807) is 0 Å². The molecule has 0 aromatic heterocycles. The topological polar surface area (TPSA) is 55.2 Å². The van der Waals surface area contributed by atoms with E-state index in [0.29, 0.717) is 19.0 Å². The monoisotopic (exact) mass is 665 g/mol. The number of aliphatic imine (C=N–C) groups is 2. The van der Waals surface area contributed by atoms with Crippen LogP contribution in [0.1, 0.15) is 153 Å². The van der Waals surface area contributed by atoms with E-state index in [4.69, 9.17) is 19.5 Å². The fourth-order valence-electron chi connectivity index (χ4n) is 6.29. The van der Waals surface area contributed by atoms with Crippen LogP contribution in [0.25, 0.3) is 0 Å². The second-order valence-corrected chi connectivity index (χ2v) is 13.6. The first kappa shape index (κ1) is 38.2. The van der Waals surface area contributed by atoms with Crippen molar-refractivity contribution in [2.45, 2.75) is 143 Å². The Labute approximate surface area is 298 Å². The van der Waals surface area contributed by atoms with Gasteiger partial charge in [-0.1, -0.05) is 129 Å². The Morgan fingerprint density at radius 2 is 0.980 bits per heavy atom. The molecule has 0 radical (unpaired) electrons. The summed E-state index contributed by atoms with van der Waals surface area (Å²) in [6.45, 7) is 10.4. The number of rotatable bonds is 24. The van der Waals surface area contributed by atoms with Crippen molar-refractivity contribution in [2.24, 2.45) is 9.98 Å². The third-order valence-corrected chi connectivity index (χ3v) is 9.34. The Bertz CT molecular complexity index is 1430. The van der Waals surface area contributed by atoms with Gasteiger partial charge in [-0.25, -0.2) is 9.98 Å². The maximum atomic E-state index is 6.54. The van der Waals surface area contributed by atoms with E-state index in [2.05, 4.69) is 93.7 Å². The number of fused-ring (bicyclic) bond motifs is 1. The van der Waals surface area contributed by atoms with Gasteiger partial charge in [0.1, 0.15) is 17.3 Å². The second-order valence-electron chi connectivity index (χ2n) is 13.6. The number of hydrogen-bond acceptors (Lipinski definition) is 4. The van der Waals surface area contributed by atoms with Gasteiger partial charge in [-0.3, -0.25) is 0 Å². The number of nitrogens with one attached hydrogen (secondary N) is 1. The molecule has 3 aromatic carbocycles. The highest BCUT2D eigenvalue weighted by atomic mass is 16.5. The minimum absolute atomic E-state index is 0.668. The smallest absolute Gasteiger partial charge is 0.166 e. The Kier molecular flexibility index (Phi) is 17.3. The van der Waals surface area contributed by atoms with E-state index < -0.39 is 0 Å². The fraction of sp³-hybridized carbons (Fsp3) is 0.545. The highest BCUT2D eigenvalue weighted by Crippen LogP contribution is 2.38. The summed E-state index contributed by atoms with van der Waals surface area (Å²) in [5.41, 5.74) is 6.47. The van der Waals surface area contributed by atoms with Crippen LogP contribution >= 0.6 is 0 Å². The number of ether oxygens (including phenoxy) is 2. The Hall–Kier alpha value is -3.60. The molecule has 0 unspecified atom stereocenters. The summed E-state index contributed by atoms with van der Waals surface area (Å²) in [7, 11) is 0. The molecule has 1 aliphatic rings. The van der Waals surface area contributed by atoms with Crippen molar-refractivity contribution in [1.29, 1.82) is 0 Å². The lowest BCUT2D eigenvalue weighted by atomic mass is 10.0. The molecule has 49 heavy (non-hydrogen) atoms. The quantitative estimate of drug-likeness (QED) is 0.0969. The third-order valence-electron chi connectivity index (χ3n) is 9.34. The molecule has 1 heterocycles. The Balaban J connectivity index is 1.64. The van der Waals surface area contributed by atoms with Gasteiger partial charge in [0.25, 0.3) is 0 Å². The van der Waals surface area contributed by atoms with Crippen molar-refractivity contribution in [3.63, 3.8) is 0 Å². The van der Waals surface area contributed by atoms with E-state index in [-0.39, 0.29) is 0 Å². The van der Waals surface area contributed by atoms with E-state index in [1.165, 1.54) is 101 Å². The number of nitrogens with zero attached hydrogens (tertiary/aromatic N) is 2. The number of anilines is 1. The van der Waals surface area contributed by atoms with Crippen LogP contribution in [0.2, 0.25) is 0 Å². The van der Waals surface area contributed by atoms with Crippen molar-refractivity contribution in [2.75, 3.05) is 18.5 Å². The lowest BCUT2D eigenvalue weighted by Crippen LogP contribution is -2.14. The molecule has 0 spiro atoms. The first-order valence-corrected chi connectivity index (χ1v) is 19.7. The van der Waals surface area contributed by atoms with Gasteiger partial charge >= 0.3 is 0 Å². The van der Waals surface area contributed by atoms with E-state index in [9.17, 15) is 0 Å². The van der Waals surface area contributed by atoms with Gasteiger partial charge in [0.05, 0.1) is 30.0 Å². The van der Waals surface area contributed by atoms with Crippen LogP contribution in [0.3, 0.4) is 0 Å². The van der Waals surface area contributed by atoms with E-state index >= 15 is 0 Å². The summed E-state index contributed by atoms with van der Waals surface area (Å²) >= 11 is 0. The van der Waals surface area contributed by atoms with Crippen LogP contribution in [0, 0.1) is 0 Å². The summed E-state index contributed by atoms with van der Waals surface area (Å²) in [6.07, 6.45) is 21.7. The van der Waals surface area contributed by atoms with Crippen molar-refractivity contribution in [3.8, 4) is 11.5 Å². The molecule has 0 saturated heterocycles. The molecule has 5 nitrogen and oxygen atoms in total. The number of hydrogen-bond donors (Lipinski definition) is 1. The lowest BCUT2D eigenvalue weighted by Gasteiger charge is -2.17. The molecular weight excluding hydrogens is 603 g/mol. The number of aryl methyl sites for hydroxylation is 2. The van der Waals surface area contributed by atoms with Crippen molar-refractivity contribution < 1.29 is 9.47 Å². The zero-order valence-corrected chi connectivity index (χ0v) is 31.1. The maximum Gasteiger partial charge on any atom is 0.166 e. The average Bonchev–Trinajstić information content (AvgIpc) is 3.48. The maximum absolute atomic E-state index is 6.54. The fourth-order valence-corrected chi connectivity index (χ4v) is 6.29. The Morgan fingerprint density at radius 3 is 1.51 bits per heavy atom. The lowest BCUT2D eigenvalue weighted by molar-refractivity contribution is 0.295. The molecule has 0 bridgehead atoms. The standard InChI is InChI=1S/C44H63N3O2/c1-5-9-13-15-17-19-33-48-39-31-32-40(49-34-20-18-16-14-10-6-2)42-41(39)43(45-37-27-23-35(24-28-37)21-11-7-3)47-44(42)46-38-29-25-36(26-30-38)22-12-8-4/h23-32H,5-22,33-34H2,1-4H3,(H,45,46,47). The summed E-state index contributed by atoms with van der Waals surface area (Å²) in [4.78, 5) is 10.3. The van der Waals surface area contributed by atoms with E-state index in [0.717, 1.165) is 65.5 Å². The number of amidine groups is 2. The molecule has 5 heteroatoms. The zero-order chi connectivity index (χ0) is 34.5. The molecule has 0 fully saturated rings. The number of benzene rings is 3. The molecule has 0 atom stereocenters. The van der Waals surface area contributed by atoms with Crippen LogP contribution < -0.4 is 14.8 Å². The van der Waals surface area contributed by atoms with Gasteiger partial charge in [-0.15, -0.1) is 0 Å². The third kappa shape index (κ3) is 12.7. The predicted octanol–water partition coefficient (Wildman–Crippen LogP) is 12.8. The summed E-state index contributed by atoms with van der Waals surface area (Å²) in [5, 5.41) is 3.65. The van der Waals surface area contributed by atoms with Crippen LogP contribution in [-0.2, 0) is 12.8 Å². The first-order chi connectivity index (χ1) is 24.2. The highest BCUT2D eigenvalue weighted by Gasteiger charge is 2.30. The molecule has 0 aliphatic carbocycles. The average molecular weight is 666 g/mol. The van der Waals surface area contributed by atoms with Gasteiger partial charge in [0.2, 0.25) is 0 Å².